The zero-order valence-electron chi connectivity index (χ0n) is 11.6. The van der Waals surface area contributed by atoms with Crippen LogP contribution >= 0.6 is 0 Å². The number of hydrogen-bond acceptors (Lipinski definition) is 5. The summed E-state index contributed by atoms with van der Waals surface area (Å²) >= 11 is 0. The van der Waals surface area contributed by atoms with Gasteiger partial charge in [0.25, 0.3) is 0 Å². The first-order valence-corrected chi connectivity index (χ1v) is 6.28. The van der Waals surface area contributed by atoms with Gasteiger partial charge in [0.2, 0.25) is 0 Å². The highest BCUT2D eigenvalue weighted by Crippen LogP contribution is 2.31. The van der Waals surface area contributed by atoms with Gasteiger partial charge in [-0.3, -0.25) is 9.98 Å². The number of guanidine groups is 1. The Morgan fingerprint density at radius 1 is 1.47 bits per heavy atom. The second-order valence-corrected chi connectivity index (χ2v) is 5.26. The summed E-state index contributed by atoms with van der Waals surface area (Å²) < 4.78 is 13.0. The van der Waals surface area contributed by atoms with Crippen molar-refractivity contribution in [3.8, 4) is 0 Å². The van der Waals surface area contributed by atoms with Crippen molar-refractivity contribution in [1.82, 2.24) is 14.8 Å². The summed E-state index contributed by atoms with van der Waals surface area (Å²) in [6, 6.07) is 3.12. The van der Waals surface area contributed by atoms with E-state index in [0.717, 1.165) is 18.8 Å². The van der Waals surface area contributed by atoms with Gasteiger partial charge in [0, 0.05) is 13.1 Å². The Morgan fingerprint density at radius 2 is 2.21 bits per heavy atom. The molecule has 5 nitrogen and oxygen atoms in total. The van der Waals surface area contributed by atoms with E-state index in [-0.39, 0.29) is 5.82 Å². The molecule has 0 aliphatic carbocycles. The van der Waals surface area contributed by atoms with Gasteiger partial charge >= 0.3 is 0 Å². The van der Waals surface area contributed by atoms with Crippen LogP contribution in [0, 0.1) is 5.82 Å². The van der Waals surface area contributed by atoms with E-state index in [1.807, 2.05) is 25.9 Å². The molecule has 1 aromatic heterocycles. The molecule has 0 saturated carbocycles. The highest BCUT2D eigenvalue weighted by atomic mass is 19.1. The van der Waals surface area contributed by atoms with Crippen LogP contribution in [0.5, 0.6) is 0 Å². The topological polar surface area (TPSA) is 57.8 Å². The minimum Gasteiger partial charge on any atom is -0.370 e. The Kier molecular flexibility index (Phi) is 3.71. The molecule has 0 radical (unpaired) electrons. The van der Waals surface area contributed by atoms with E-state index in [1.165, 1.54) is 12.3 Å². The number of rotatable bonds is 4. The SMILES string of the molecule is CN(C)CCN1C(N)=NCC1(C)c1ccc(F)cn1. The van der Waals surface area contributed by atoms with Crippen LogP contribution in [0.1, 0.15) is 12.6 Å². The first kappa shape index (κ1) is 13.7. The molecule has 0 aromatic carbocycles. The number of aliphatic imine (C=N–C) groups is 1. The van der Waals surface area contributed by atoms with Gasteiger partial charge in [-0.15, -0.1) is 0 Å². The van der Waals surface area contributed by atoms with Gasteiger partial charge in [-0.2, -0.15) is 0 Å². The molecule has 104 valence electrons. The smallest absolute Gasteiger partial charge is 0.192 e. The molecular weight excluding hydrogens is 245 g/mol. The van der Waals surface area contributed by atoms with Gasteiger partial charge in [-0.05, 0) is 33.2 Å². The summed E-state index contributed by atoms with van der Waals surface area (Å²) in [5.74, 6) is 0.189. The first-order valence-electron chi connectivity index (χ1n) is 6.28. The number of pyridine rings is 1. The van der Waals surface area contributed by atoms with E-state index in [2.05, 4.69) is 14.9 Å². The van der Waals surface area contributed by atoms with E-state index >= 15 is 0 Å². The van der Waals surface area contributed by atoms with Crippen molar-refractivity contribution in [3.63, 3.8) is 0 Å². The number of nitrogens with zero attached hydrogens (tertiary/aromatic N) is 4. The van der Waals surface area contributed by atoms with Gasteiger partial charge in [0.15, 0.2) is 5.96 Å². The van der Waals surface area contributed by atoms with Gasteiger partial charge in [0.05, 0.1) is 18.4 Å². The molecule has 0 spiro atoms. The zero-order chi connectivity index (χ0) is 14.0. The van der Waals surface area contributed by atoms with E-state index in [1.54, 1.807) is 6.07 Å². The molecule has 1 atom stereocenters. The first-order chi connectivity index (χ1) is 8.93. The largest absolute Gasteiger partial charge is 0.370 e. The highest BCUT2D eigenvalue weighted by molar-refractivity contribution is 5.81. The number of halogens is 1. The lowest BCUT2D eigenvalue weighted by molar-refractivity contribution is 0.200. The minimum atomic E-state index is -0.395. The van der Waals surface area contributed by atoms with Crippen molar-refractivity contribution in [1.29, 1.82) is 0 Å². The van der Waals surface area contributed by atoms with Crippen LogP contribution in [-0.4, -0.2) is 54.5 Å². The number of aromatic nitrogens is 1. The predicted octanol–water partition coefficient (Wildman–Crippen LogP) is 0.628. The average molecular weight is 265 g/mol. The fraction of sp³-hybridized carbons (Fsp3) is 0.538. The molecule has 19 heavy (non-hydrogen) atoms. The van der Waals surface area contributed by atoms with E-state index in [9.17, 15) is 4.39 Å². The Morgan fingerprint density at radius 3 is 2.79 bits per heavy atom. The van der Waals surface area contributed by atoms with Gasteiger partial charge in [0.1, 0.15) is 11.4 Å². The quantitative estimate of drug-likeness (QED) is 0.867. The second kappa shape index (κ2) is 5.13. The normalized spacial score (nSPS) is 23.0. The Bertz CT molecular complexity index is 470. The zero-order valence-corrected chi connectivity index (χ0v) is 11.6. The number of nitrogens with two attached hydrogens (primary N) is 1. The predicted molar refractivity (Wildman–Crippen MR) is 73.3 cm³/mol. The van der Waals surface area contributed by atoms with Crippen LogP contribution in [0.4, 0.5) is 4.39 Å². The average Bonchev–Trinajstić information content (AvgIpc) is 2.65. The van der Waals surface area contributed by atoms with Crippen molar-refractivity contribution in [2.24, 2.45) is 10.7 Å². The molecule has 6 heteroatoms. The van der Waals surface area contributed by atoms with Crippen molar-refractivity contribution in [3.05, 3.63) is 29.8 Å². The summed E-state index contributed by atoms with van der Waals surface area (Å²) in [5, 5.41) is 0. The van der Waals surface area contributed by atoms with Gasteiger partial charge in [-0.25, -0.2) is 4.39 Å². The van der Waals surface area contributed by atoms with E-state index in [0.29, 0.717) is 12.5 Å². The molecule has 1 unspecified atom stereocenters. The lowest BCUT2D eigenvalue weighted by atomic mass is 9.96. The lowest BCUT2D eigenvalue weighted by Gasteiger charge is -2.36. The lowest BCUT2D eigenvalue weighted by Crippen LogP contribution is -2.50. The fourth-order valence-electron chi connectivity index (χ4n) is 2.23. The highest BCUT2D eigenvalue weighted by Gasteiger charge is 2.40. The maximum atomic E-state index is 13.0. The molecule has 0 saturated heterocycles. The maximum Gasteiger partial charge on any atom is 0.192 e. The molecule has 1 aliphatic heterocycles. The van der Waals surface area contributed by atoms with Crippen LogP contribution < -0.4 is 5.73 Å². The standard InChI is InChI=1S/C13H20FN5/c1-13(11-5-4-10(14)8-16-11)9-17-12(15)19(13)7-6-18(2)3/h4-5,8H,6-7,9H2,1-3H3,(H2,15,17). The summed E-state index contributed by atoms with van der Waals surface area (Å²) in [7, 11) is 4.02. The Balaban J connectivity index is 2.23. The summed E-state index contributed by atoms with van der Waals surface area (Å²) in [4.78, 5) is 12.6. The number of likely N-dealkylation sites (N-methyl/N-ethyl adjacent to an activating group) is 1. The molecule has 1 aliphatic rings. The van der Waals surface area contributed by atoms with Crippen LogP contribution in [-0.2, 0) is 5.54 Å². The van der Waals surface area contributed by atoms with Crippen molar-refractivity contribution in [2.75, 3.05) is 33.7 Å². The molecule has 0 bridgehead atoms. The van der Waals surface area contributed by atoms with Crippen LogP contribution in [0.15, 0.2) is 23.3 Å². The molecule has 1 aromatic rings. The summed E-state index contributed by atoms with van der Waals surface area (Å²) in [6.45, 7) is 4.21. The van der Waals surface area contributed by atoms with Crippen molar-refractivity contribution >= 4 is 5.96 Å². The van der Waals surface area contributed by atoms with Crippen LogP contribution in [0.2, 0.25) is 0 Å². The Hall–Kier alpha value is -1.69. The van der Waals surface area contributed by atoms with Crippen LogP contribution in [0.3, 0.4) is 0 Å². The van der Waals surface area contributed by atoms with E-state index < -0.39 is 5.54 Å². The fourth-order valence-corrected chi connectivity index (χ4v) is 2.23. The third-order valence-corrected chi connectivity index (χ3v) is 3.47. The molecule has 2 rings (SSSR count). The second-order valence-electron chi connectivity index (χ2n) is 5.26. The number of hydrogen-bond donors (Lipinski definition) is 1. The third-order valence-electron chi connectivity index (χ3n) is 3.47. The molecular formula is C13H20FN5. The monoisotopic (exact) mass is 265 g/mol. The van der Waals surface area contributed by atoms with Gasteiger partial charge in [-0.1, -0.05) is 0 Å². The maximum absolute atomic E-state index is 13.0. The van der Waals surface area contributed by atoms with Crippen molar-refractivity contribution in [2.45, 2.75) is 12.5 Å². The van der Waals surface area contributed by atoms with Gasteiger partial charge < -0.3 is 15.5 Å². The van der Waals surface area contributed by atoms with Crippen molar-refractivity contribution < 1.29 is 4.39 Å². The van der Waals surface area contributed by atoms with E-state index in [4.69, 9.17) is 5.73 Å². The molecule has 2 heterocycles. The third kappa shape index (κ3) is 2.68. The molecule has 0 amide bonds. The minimum absolute atomic E-state index is 0.334. The summed E-state index contributed by atoms with van der Waals surface area (Å²) in [6.07, 6.45) is 1.24. The molecule has 0 fully saturated rings. The Labute approximate surface area is 112 Å². The van der Waals surface area contributed by atoms with Crippen LogP contribution in [0.25, 0.3) is 0 Å². The summed E-state index contributed by atoms with van der Waals surface area (Å²) in [5.41, 5.74) is 6.36. The molecule has 2 N–H and O–H groups in total.